The molecule has 0 atom stereocenters. The summed E-state index contributed by atoms with van der Waals surface area (Å²) in [5.41, 5.74) is 0. The monoisotopic (exact) mass is 309 g/mol. The van der Waals surface area contributed by atoms with E-state index in [9.17, 15) is 17.8 Å². The van der Waals surface area contributed by atoms with Crippen LogP contribution in [-0.2, 0) is 24.4 Å². The van der Waals surface area contributed by atoms with Gasteiger partial charge in [-0.1, -0.05) is 13.8 Å². The lowest BCUT2D eigenvalue weighted by Gasteiger charge is -2.41. The first-order chi connectivity index (χ1) is 9.24. The van der Waals surface area contributed by atoms with E-state index in [4.69, 9.17) is 9.47 Å². The Hall–Kier alpha value is -0.700. The van der Waals surface area contributed by atoms with Crippen LogP contribution in [-0.4, -0.2) is 75.2 Å². The van der Waals surface area contributed by atoms with Crippen LogP contribution in [0.4, 0.5) is 0 Å². The molecule has 0 N–H and O–H groups in total. The number of carbonyl (C=O) groups is 1. The van der Waals surface area contributed by atoms with E-state index in [0.29, 0.717) is 37.3 Å². The van der Waals surface area contributed by atoms with Crippen molar-refractivity contribution in [3.8, 4) is 0 Å². The number of morpholine rings is 1. The van der Waals surface area contributed by atoms with Gasteiger partial charge in [0.1, 0.15) is 36.4 Å². The minimum atomic E-state index is -4.23. The molecule has 1 fully saturated rings. The lowest BCUT2D eigenvalue weighted by molar-refractivity contribution is -0.933. The van der Waals surface area contributed by atoms with Crippen LogP contribution in [0.15, 0.2) is 0 Å². The van der Waals surface area contributed by atoms with Gasteiger partial charge in [0.15, 0.2) is 0 Å². The van der Waals surface area contributed by atoms with E-state index in [1.807, 2.05) is 0 Å². The third-order valence-corrected chi connectivity index (χ3v) is 4.20. The molecule has 0 aromatic heterocycles. The van der Waals surface area contributed by atoms with E-state index in [0.717, 1.165) is 0 Å². The molecular formula is C12H23NO6S. The molecule has 1 rings (SSSR count). The number of ether oxygens (including phenoxy) is 2. The van der Waals surface area contributed by atoms with Gasteiger partial charge >= 0.3 is 5.97 Å². The maximum absolute atomic E-state index is 11.4. The van der Waals surface area contributed by atoms with Gasteiger partial charge in [-0.15, -0.1) is 0 Å². The van der Waals surface area contributed by atoms with Crippen molar-refractivity contribution in [2.24, 2.45) is 5.92 Å². The number of carbonyl (C=O) groups excluding carboxylic acids is 1. The molecule has 0 unspecified atom stereocenters. The predicted octanol–water partition coefficient (Wildman–Crippen LogP) is -0.422. The second kappa shape index (κ2) is 7.35. The van der Waals surface area contributed by atoms with Crippen molar-refractivity contribution in [2.45, 2.75) is 13.8 Å². The van der Waals surface area contributed by atoms with Gasteiger partial charge in [-0.3, -0.25) is 4.79 Å². The molecule has 0 radical (unpaired) electrons. The average Bonchev–Trinajstić information content (AvgIpc) is 2.37. The molecule has 20 heavy (non-hydrogen) atoms. The van der Waals surface area contributed by atoms with Gasteiger partial charge in [0.2, 0.25) is 0 Å². The zero-order valence-corrected chi connectivity index (χ0v) is 12.9. The van der Waals surface area contributed by atoms with Crippen molar-refractivity contribution in [3.05, 3.63) is 0 Å². The number of quaternary nitrogens is 1. The third kappa shape index (κ3) is 6.17. The SMILES string of the molecule is CC(C)C(=O)OCC[N+]1(CCS(=O)(=O)[O-])CCOCC1. The summed E-state index contributed by atoms with van der Waals surface area (Å²) >= 11 is 0. The largest absolute Gasteiger partial charge is 0.748 e. The molecule has 1 aliphatic rings. The Morgan fingerprint density at radius 1 is 1.30 bits per heavy atom. The molecule has 0 saturated carbocycles. The minimum absolute atomic E-state index is 0.185. The summed E-state index contributed by atoms with van der Waals surface area (Å²) in [4.78, 5) is 11.4. The van der Waals surface area contributed by atoms with Crippen molar-refractivity contribution in [1.82, 2.24) is 0 Å². The summed E-state index contributed by atoms with van der Waals surface area (Å²) in [6.45, 7) is 6.82. The van der Waals surface area contributed by atoms with Gasteiger partial charge in [0.05, 0.1) is 31.4 Å². The highest BCUT2D eigenvalue weighted by atomic mass is 32.2. The van der Waals surface area contributed by atoms with Crippen molar-refractivity contribution < 1.29 is 31.7 Å². The molecule has 1 heterocycles. The molecule has 8 heteroatoms. The fraction of sp³-hybridized carbons (Fsp3) is 0.917. The van der Waals surface area contributed by atoms with E-state index in [-0.39, 0.29) is 25.0 Å². The number of nitrogens with zero attached hydrogens (tertiary/aromatic N) is 1. The van der Waals surface area contributed by atoms with E-state index in [1.165, 1.54) is 0 Å². The molecule has 1 aliphatic heterocycles. The van der Waals surface area contributed by atoms with Gasteiger partial charge in [0.25, 0.3) is 0 Å². The van der Waals surface area contributed by atoms with Gasteiger partial charge in [-0.05, 0) is 0 Å². The van der Waals surface area contributed by atoms with Crippen LogP contribution >= 0.6 is 0 Å². The first-order valence-electron chi connectivity index (χ1n) is 6.77. The first kappa shape index (κ1) is 17.4. The third-order valence-electron chi connectivity index (χ3n) is 3.52. The summed E-state index contributed by atoms with van der Waals surface area (Å²) in [6, 6.07) is 0. The van der Waals surface area contributed by atoms with Gasteiger partial charge < -0.3 is 18.5 Å². The van der Waals surface area contributed by atoms with E-state index in [2.05, 4.69) is 0 Å². The summed E-state index contributed by atoms with van der Waals surface area (Å²) in [5.74, 6) is -0.853. The smallest absolute Gasteiger partial charge is 0.308 e. The van der Waals surface area contributed by atoms with Crippen LogP contribution in [0.3, 0.4) is 0 Å². The molecule has 0 aliphatic carbocycles. The zero-order valence-electron chi connectivity index (χ0n) is 12.0. The van der Waals surface area contributed by atoms with Crippen LogP contribution in [0.25, 0.3) is 0 Å². The fourth-order valence-corrected chi connectivity index (χ4v) is 2.71. The average molecular weight is 309 g/mol. The first-order valence-corrected chi connectivity index (χ1v) is 8.35. The van der Waals surface area contributed by atoms with Crippen molar-refractivity contribution in [3.63, 3.8) is 0 Å². The molecule has 0 amide bonds. The molecule has 0 aromatic carbocycles. The number of hydrogen-bond acceptors (Lipinski definition) is 6. The highest BCUT2D eigenvalue weighted by molar-refractivity contribution is 7.85. The second-order valence-electron chi connectivity index (χ2n) is 5.43. The van der Waals surface area contributed by atoms with Crippen LogP contribution in [0.1, 0.15) is 13.8 Å². The maximum Gasteiger partial charge on any atom is 0.308 e. The Bertz CT molecular complexity index is 414. The summed E-state index contributed by atoms with van der Waals surface area (Å²) < 4.78 is 43.3. The highest BCUT2D eigenvalue weighted by Gasteiger charge is 2.31. The zero-order chi connectivity index (χ0) is 15.2. The topological polar surface area (TPSA) is 92.7 Å². The number of rotatable bonds is 7. The van der Waals surface area contributed by atoms with Gasteiger partial charge in [0, 0.05) is 0 Å². The van der Waals surface area contributed by atoms with Crippen LogP contribution in [0.2, 0.25) is 0 Å². The van der Waals surface area contributed by atoms with E-state index in [1.54, 1.807) is 13.8 Å². The lowest BCUT2D eigenvalue weighted by Crippen LogP contribution is -2.58. The quantitative estimate of drug-likeness (QED) is 0.360. The Kier molecular flexibility index (Phi) is 6.38. The van der Waals surface area contributed by atoms with E-state index >= 15 is 0 Å². The lowest BCUT2D eigenvalue weighted by atomic mass is 10.2. The Morgan fingerprint density at radius 2 is 1.90 bits per heavy atom. The normalized spacial score (nSPS) is 19.0. The summed E-state index contributed by atoms with van der Waals surface area (Å²) in [6.07, 6.45) is 0. The van der Waals surface area contributed by atoms with Crippen molar-refractivity contribution >= 4 is 16.1 Å². The predicted molar refractivity (Wildman–Crippen MR) is 70.9 cm³/mol. The van der Waals surface area contributed by atoms with Gasteiger partial charge in [-0.2, -0.15) is 0 Å². The van der Waals surface area contributed by atoms with Crippen LogP contribution in [0.5, 0.6) is 0 Å². The standard InChI is InChI=1S/C12H23NO6S/c1-11(2)12(14)19-9-5-13(3-7-18-8-4-13)6-10-20(15,16)17/h11H,3-10H2,1-2H3. The Morgan fingerprint density at radius 3 is 2.40 bits per heavy atom. The number of esters is 1. The Balaban J connectivity index is 2.53. The Labute approximate surface area is 120 Å². The van der Waals surface area contributed by atoms with Crippen LogP contribution < -0.4 is 0 Å². The van der Waals surface area contributed by atoms with Gasteiger partial charge in [-0.25, -0.2) is 8.42 Å². The molecule has 118 valence electrons. The molecule has 7 nitrogen and oxygen atoms in total. The maximum atomic E-state index is 11.4. The molecule has 0 bridgehead atoms. The van der Waals surface area contributed by atoms with Crippen molar-refractivity contribution in [2.75, 3.05) is 51.8 Å². The molecular weight excluding hydrogens is 286 g/mol. The summed E-state index contributed by atoms with van der Waals surface area (Å²) in [5, 5.41) is 0. The fourth-order valence-electron chi connectivity index (χ4n) is 2.10. The molecule has 0 spiro atoms. The number of hydrogen-bond donors (Lipinski definition) is 0. The molecule has 1 saturated heterocycles. The van der Waals surface area contributed by atoms with E-state index < -0.39 is 15.9 Å². The minimum Gasteiger partial charge on any atom is -0.748 e. The van der Waals surface area contributed by atoms with Crippen LogP contribution in [0, 0.1) is 5.92 Å². The second-order valence-corrected chi connectivity index (χ2v) is 6.96. The highest BCUT2D eigenvalue weighted by Crippen LogP contribution is 2.12. The summed E-state index contributed by atoms with van der Waals surface area (Å²) in [7, 11) is -4.23. The molecule has 0 aromatic rings. The van der Waals surface area contributed by atoms with Crippen molar-refractivity contribution in [1.29, 1.82) is 0 Å².